The molecular weight excluding hydrogens is 235 g/mol. The maximum atomic E-state index is 6.14. The fourth-order valence-electron chi connectivity index (χ4n) is 5.08. The summed E-state index contributed by atoms with van der Waals surface area (Å²) in [5.74, 6) is 0.524. The summed E-state index contributed by atoms with van der Waals surface area (Å²) in [6.07, 6.45) is 2.61. The van der Waals surface area contributed by atoms with Gasteiger partial charge in [0.1, 0.15) is 5.60 Å². The van der Waals surface area contributed by atoms with Gasteiger partial charge in [-0.3, -0.25) is 0 Å². The summed E-state index contributed by atoms with van der Waals surface area (Å²) in [4.78, 5) is 0. The van der Waals surface area contributed by atoms with Crippen LogP contribution in [0.3, 0.4) is 0 Å². The van der Waals surface area contributed by atoms with Crippen molar-refractivity contribution in [3.8, 4) is 0 Å². The molecule has 1 aliphatic heterocycles. The molecule has 0 N–H and O–H groups in total. The molecule has 1 saturated heterocycles. The molecule has 1 radical (unpaired) electrons. The fraction of sp³-hybridized carbons (Fsp3) is 0.625. The van der Waals surface area contributed by atoms with Gasteiger partial charge in [0.2, 0.25) is 0 Å². The van der Waals surface area contributed by atoms with E-state index in [-0.39, 0.29) is 22.5 Å². The highest BCUT2D eigenvalue weighted by Crippen LogP contribution is 2.74. The van der Waals surface area contributed by atoms with Crippen LogP contribution in [0.2, 0.25) is 0 Å². The van der Waals surface area contributed by atoms with Crippen molar-refractivity contribution < 1.29 is 9.31 Å². The summed E-state index contributed by atoms with van der Waals surface area (Å²) < 4.78 is 12.1. The lowest BCUT2D eigenvalue weighted by Crippen LogP contribution is -2.45. The maximum absolute atomic E-state index is 6.14. The Labute approximate surface area is 115 Å². The second-order valence-corrected chi connectivity index (χ2v) is 7.12. The van der Waals surface area contributed by atoms with Gasteiger partial charge in [0.25, 0.3) is 0 Å². The average Bonchev–Trinajstić information content (AvgIpc) is 2.98. The van der Waals surface area contributed by atoms with E-state index in [1.807, 2.05) is 0 Å². The summed E-state index contributed by atoms with van der Waals surface area (Å²) in [7, 11) is 1.59. The van der Waals surface area contributed by atoms with E-state index in [1.165, 1.54) is 18.4 Å². The summed E-state index contributed by atoms with van der Waals surface area (Å²) in [5.41, 5.74) is 1.45. The molecular formula is C16H20BO2. The Morgan fingerprint density at radius 1 is 1.16 bits per heavy atom. The second-order valence-electron chi connectivity index (χ2n) is 7.12. The van der Waals surface area contributed by atoms with Crippen LogP contribution in [0.4, 0.5) is 0 Å². The number of hydrogen-bond acceptors (Lipinski definition) is 2. The molecule has 0 spiro atoms. The topological polar surface area (TPSA) is 18.5 Å². The predicted molar refractivity (Wildman–Crippen MR) is 74.4 cm³/mol. The molecule has 2 nitrogen and oxygen atoms in total. The lowest BCUT2D eigenvalue weighted by Gasteiger charge is -2.41. The third kappa shape index (κ3) is 1.13. The van der Waals surface area contributed by atoms with Gasteiger partial charge in [-0.2, -0.15) is 0 Å². The van der Waals surface area contributed by atoms with Crippen molar-refractivity contribution in [3.63, 3.8) is 0 Å². The van der Waals surface area contributed by atoms with E-state index in [4.69, 9.17) is 9.31 Å². The monoisotopic (exact) mass is 255 g/mol. The number of fused-ring (bicyclic) bond motifs is 5. The minimum atomic E-state index is -0.266. The zero-order valence-corrected chi connectivity index (χ0v) is 11.8. The minimum absolute atomic E-state index is 0.149. The molecule has 2 saturated carbocycles. The van der Waals surface area contributed by atoms with Gasteiger partial charge in [0.05, 0.1) is 6.10 Å². The van der Waals surface area contributed by atoms with Crippen molar-refractivity contribution in [1.82, 2.24) is 0 Å². The highest BCUT2D eigenvalue weighted by Gasteiger charge is 2.76. The molecule has 2 bridgehead atoms. The van der Waals surface area contributed by atoms with E-state index in [9.17, 15) is 0 Å². The smallest absolute Gasteiger partial charge is 0.406 e. The molecule has 1 heterocycles. The highest BCUT2D eigenvalue weighted by molar-refractivity contribution is 6.19. The van der Waals surface area contributed by atoms with Crippen molar-refractivity contribution in [2.24, 2.45) is 16.7 Å². The van der Waals surface area contributed by atoms with Crippen LogP contribution in [0.15, 0.2) is 30.3 Å². The Bertz CT molecular complexity index is 511. The third-order valence-electron chi connectivity index (χ3n) is 6.44. The Morgan fingerprint density at radius 2 is 1.89 bits per heavy atom. The molecule has 4 rings (SSSR count). The lowest BCUT2D eigenvalue weighted by atomic mass is 9.69. The van der Waals surface area contributed by atoms with Crippen LogP contribution in [-0.2, 0) is 14.9 Å². The van der Waals surface area contributed by atoms with Crippen molar-refractivity contribution in [2.75, 3.05) is 0 Å². The molecule has 0 unspecified atom stereocenters. The Balaban J connectivity index is 1.93. The average molecular weight is 255 g/mol. The molecule has 99 valence electrons. The summed E-state index contributed by atoms with van der Waals surface area (Å²) in [6, 6.07) is 10.6. The van der Waals surface area contributed by atoms with Gasteiger partial charge in [-0.1, -0.05) is 51.1 Å². The van der Waals surface area contributed by atoms with Gasteiger partial charge >= 0.3 is 7.69 Å². The number of benzene rings is 1. The van der Waals surface area contributed by atoms with Gasteiger partial charge in [0, 0.05) is 5.41 Å². The Hall–Kier alpha value is -0.795. The van der Waals surface area contributed by atoms with Gasteiger partial charge in [-0.25, -0.2) is 0 Å². The standard InChI is InChI=1S/C16H20BO2/c1-14(2)12-9-10-15(14,3)13-16(12,19-17-18-13)11-7-5-4-6-8-11/h4-8,12-13H,9-10H2,1-3H3/t12-,13-,15-,16+/m1/s1. The van der Waals surface area contributed by atoms with Crippen molar-refractivity contribution in [3.05, 3.63) is 35.9 Å². The maximum Gasteiger partial charge on any atom is 0.489 e. The van der Waals surface area contributed by atoms with E-state index >= 15 is 0 Å². The first-order valence-corrected chi connectivity index (χ1v) is 7.24. The van der Waals surface area contributed by atoms with Gasteiger partial charge in [0.15, 0.2) is 0 Å². The molecule has 3 heteroatoms. The zero-order valence-electron chi connectivity index (χ0n) is 11.8. The quantitative estimate of drug-likeness (QED) is 0.717. The van der Waals surface area contributed by atoms with Gasteiger partial charge in [-0.15, -0.1) is 0 Å². The van der Waals surface area contributed by atoms with Crippen LogP contribution < -0.4 is 0 Å². The molecule has 1 aromatic rings. The summed E-state index contributed by atoms with van der Waals surface area (Å²) in [6.45, 7) is 7.16. The molecule has 3 fully saturated rings. The Morgan fingerprint density at radius 3 is 2.63 bits per heavy atom. The molecule has 1 aromatic carbocycles. The van der Waals surface area contributed by atoms with Crippen molar-refractivity contribution >= 4 is 7.69 Å². The summed E-state index contributed by atoms with van der Waals surface area (Å²) >= 11 is 0. The van der Waals surface area contributed by atoms with Crippen LogP contribution in [0, 0.1) is 16.7 Å². The first-order valence-electron chi connectivity index (χ1n) is 7.24. The van der Waals surface area contributed by atoms with Crippen LogP contribution >= 0.6 is 0 Å². The lowest BCUT2D eigenvalue weighted by molar-refractivity contribution is -0.0368. The van der Waals surface area contributed by atoms with Crippen molar-refractivity contribution in [2.45, 2.75) is 45.3 Å². The second kappa shape index (κ2) is 3.45. The zero-order chi connectivity index (χ0) is 13.3. The first kappa shape index (κ1) is 12.0. The molecule has 4 atom stereocenters. The molecule has 19 heavy (non-hydrogen) atoms. The third-order valence-corrected chi connectivity index (χ3v) is 6.44. The van der Waals surface area contributed by atoms with E-state index in [0.29, 0.717) is 5.92 Å². The SMILES string of the molecule is CC1(C)[C@H]2CC[C@]1(C)[C@H]1O[B]O[C@@]21c1ccccc1. The van der Waals surface area contributed by atoms with E-state index in [0.717, 1.165) is 0 Å². The number of hydrogen-bond donors (Lipinski definition) is 0. The molecule has 0 aromatic heterocycles. The van der Waals surface area contributed by atoms with Crippen LogP contribution in [-0.4, -0.2) is 13.8 Å². The largest absolute Gasteiger partial charge is 0.489 e. The first-order chi connectivity index (χ1) is 9.03. The van der Waals surface area contributed by atoms with E-state index in [2.05, 4.69) is 51.1 Å². The molecule has 2 aliphatic carbocycles. The van der Waals surface area contributed by atoms with E-state index in [1.54, 1.807) is 7.69 Å². The van der Waals surface area contributed by atoms with E-state index < -0.39 is 0 Å². The summed E-state index contributed by atoms with van der Waals surface area (Å²) in [5, 5.41) is 0. The van der Waals surface area contributed by atoms with Gasteiger partial charge < -0.3 is 9.31 Å². The fourth-order valence-corrected chi connectivity index (χ4v) is 5.08. The van der Waals surface area contributed by atoms with Crippen LogP contribution in [0.1, 0.15) is 39.2 Å². The highest BCUT2D eigenvalue weighted by atomic mass is 16.7. The Kier molecular flexibility index (Phi) is 2.17. The van der Waals surface area contributed by atoms with Crippen molar-refractivity contribution in [1.29, 1.82) is 0 Å². The number of rotatable bonds is 1. The van der Waals surface area contributed by atoms with Crippen LogP contribution in [0.5, 0.6) is 0 Å². The minimum Gasteiger partial charge on any atom is -0.406 e. The normalized spacial score (nSPS) is 46.1. The molecule has 3 aliphatic rings. The molecule has 0 amide bonds. The predicted octanol–water partition coefficient (Wildman–Crippen LogP) is 3.29. The van der Waals surface area contributed by atoms with Gasteiger partial charge in [-0.05, 0) is 29.7 Å². The van der Waals surface area contributed by atoms with Crippen LogP contribution in [0.25, 0.3) is 0 Å².